The highest BCUT2D eigenvalue weighted by Gasteiger charge is 2.24. The van der Waals surface area contributed by atoms with Gasteiger partial charge < -0.3 is 0 Å². The Hall–Kier alpha value is -0.440. The van der Waals surface area contributed by atoms with Gasteiger partial charge in [-0.2, -0.15) is 16.8 Å². The summed E-state index contributed by atoms with van der Waals surface area (Å²) in [7, 11) is -8.93. The summed E-state index contributed by atoms with van der Waals surface area (Å²) in [4.78, 5) is 0. The number of hydrogen-bond acceptors (Lipinski definition) is 4. The molecule has 0 aromatic heterocycles. The van der Waals surface area contributed by atoms with Crippen LogP contribution in [0.4, 0.5) is 0 Å². The third-order valence-electron chi connectivity index (χ3n) is 1.02. The first-order valence-corrected chi connectivity index (χ1v) is 5.82. The molecule has 6 nitrogen and oxygen atoms in total. The SMILES string of the molecule is C=CC(CS(=O)(=O)O)S(=O)(=O)O. The summed E-state index contributed by atoms with van der Waals surface area (Å²) in [6, 6.07) is 0. The fraction of sp³-hybridized carbons (Fsp3) is 0.500. The minimum Gasteiger partial charge on any atom is -0.285 e. The van der Waals surface area contributed by atoms with Gasteiger partial charge in [0.25, 0.3) is 20.2 Å². The van der Waals surface area contributed by atoms with Gasteiger partial charge in [-0.1, -0.05) is 6.08 Å². The van der Waals surface area contributed by atoms with Crippen molar-refractivity contribution < 1.29 is 25.9 Å². The lowest BCUT2D eigenvalue weighted by Gasteiger charge is -2.05. The van der Waals surface area contributed by atoms with Gasteiger partial charge in [0.05, 0.1) is 5.75 Å². The van der Waals surface area contributed by atoms with Gasteiger partial charge in [-0.25, -0.2) is 0 Å². The molecule has 0 saturated heterocycles. The van der Waals surface area contributed by atoms with Gasteiger partial charge in [-0.15, -0.1) is 6.58 Å². The van der Waals surface area contributed by atoms with Gasteiger partial charge in [0, 0.05) is 0 Å². The maximum absolute atomic E-state index is 10.3. The summed E-state index contributed by atoms with van der Waals surface area (Å²) in [5.74, 6) is -1.09. The molecule has 0 aliphatic carbocycles. The molecule has 0 fully saturated rings. The van der Waals surface area contributed by atoms with Crippen LogP contribution in [0.2, 0.25) is 0 Å². The Labute approximate surface area is 70.4 Å². The molecule has 0 bridgehead atoms. The Kier molecular flexibility index (Phi) is 3.39. The smallest absolute Gasteiger partial charge is 0.272 e. The highest BCUT2D eigenvalue weighted by atomic mass is 32.2. The predicted octanol–water partition coefficient (Wildman–Crippen LogP) is -0.683. The van der Waals surface area contributed by atoms with E-state index in [4.69, 9.17) is 9.11 Å². The summed E-state index contributed by atoms with van der Waals surface area (Å²) in [6.45, 7) is 3.00. The second kappa shape index (κ2) is 3.52. The Morgan fingerprint density at radius 3 is 1.75 bits per heavy atom. The first kappa shape index (κ1) is 11.6. The molecule has 0 saturated carbocycles. The van der Waals surface area contributed by atoms with Crippen LogP contribution < -0.4 is 0 Å². The Balaban J connectivity index is 4.76. The Bertz CT molecular complexity index is 349. The van der Waals surface area contributed by atoms with Crippen molar-refractivity contribution in [2.45, 2.75) is 5.25 Å². The quantitative estimate of drug-likeness (QED) is 0.476. The largest absolute Gasteiger partial charge is 0.285 e. The van der Waals surface area contributed by atoms with Crippen molar-refractivity contribution in [3.63, 3.8) is 0 Å². The maximum Gasteiger partial charge on any atom is 0.272 e. The molecule has 2 N–H and O–H groups in total. The molecule has 0 aliphatic heterocycles. The predicted molar refractivity (Wildman–Crippen MR) is 41.9 cm³/mol. The topological polar surface area (TPSA) is 109 Å². The molecular weight excluding hydrogens is 208 g/mol. The van der Waals surface area contributed by atoms with Crippen LogP contribution in [0.5, 0.6) is 0 Å². The average Bonchev–Trinajstić information content (AvgIpc) is 1.78. The molecule has 12 heavy (non-hydrogen) atoms. The molecule has 0 heterocycles. The van der Waals surface area contributed by atoms with Crippen molar-refractivity contribution in [1.82, 2.24) is 0 Å². The number of hydrogen-bond donors (Lipinski definition) is 2. The third kappa shape index (κ3) is 4.44. The Morgan fingerprint density at radius 2 is 1.67 bits per heavy atom. The van der Waals surface area contributed by atoms with Gasteiger partial charge in [-0.05, 0) is 0 Å². The van der Waals surface area contributed by atoms with E-state index in [0.29, 0.717) is 0 Å². The molecule has 1 unspecified atom stereocenters. The standard InChI is InChI=1S/C4H8O6S2/c1-2-4(12(8,9)10)3-11(5,6)7/h2,4H,1,3H2,(H,5,6,7)(H,8,9,10). The molecule has 0 spiro atoms. The lowest BCUT2D eigenvalue weighted by Crippen LogP contribution is -2.26. The van der Waals surface area contributed by atoms with Crippen molar-refractivity contribution in [1.29, 1.82) is 0 Å². The highest BCUT2D eigenvalue weighted by molar-refractivity contribution is 7.90. The molecule has 0 aliphatic rings. The fourth-order valence-electron chi connectivity index (χ4n) is 0.483. The van der Waals surface area contributed by atoms with Crippen LogP contribution >= 0.6 is 0 Å². The van der Waals surface area contributed by atoms with E-state index >= 15 is 0 Å². The van der Waals surface area contributed by atoms with Gasteiger partial charge in [0.15, 0.2) is 0 Å². The fourth-order valence-corrected chi connectivity index (χ4v) is 2.48. The van der Waals surface area contributed by atoms with E-state index in [1.54, 1.807) is 0 Å². The molecule has 0 radical (unpaired) electrons. The molecule has 0 aromatic carbocycles. The first-order valence-electron chi connectivity index (χ1n) is 2.71. The molecule has 72 valence electrons. The second-order valence-corrected chi connectivity index (χ2v) is 5.17. The molecule has 1 atom stereocenters. The van der Waals surface area contributed by atoms with Crippen LogP contribution in [0, 0.1) is 0 Å². The van der Waals surface area contributed by atoms with E-state index in [-0.39, 0.29) is 0 Å². The van der Waals surface area contributed by atoms with E-state index in [1.165, 1.54) is 0 Å². The van der Waals surface area contributed by atoms with E-state index in [0.717, 1.165) is 6.08 Å². The van der Waals surface area contributed by atoms with E-state index in [1.807, 2.05) is 0 Å². The Morgan fingerprint density at radius 1 is 1.25 bits per heavy atom. The zero-order valence-corrected chi connectivity index (χ0v) is 7.55. The van der Waals surface area contributed by atoms with E-state index in [9.17, 15) is 16.8 Å². The minimum absolute atomic E-state index is 0.725. The van der Waals surface area contributed by atoms with E-state index in [2.05, 4.69) is 6.58 Å². The van der Waals surface area contributed by atoms with E-state index < -0.39 is 31.2 Å². The average molecular weight is 216 g/mol. The highest BCUT2D eigenvalue weighted by Crippen LogP contribution is 2.02. The van der Waals surface area contributed by atoms with Crippen LogP contribution in [0.1, 0.15) is 0 Å². The number of rotatable bonds is 4. The summed E-state index contributed by atoms with van der Waals surface area (Å²) in [5.41, 5.74) is 0. The maximum atomic E-state index is 10.3. The summed E-state index contributed by atoms with van der Waals surface area (Å²) < 4.78 is 57.7. The monoisotopic (exact) mass is 216 g/mol. The van der Waals surface area contributed by atoms with Gasteiger partial charge in [0.1, 0.15) is 5.25 Å². The molecule has 0 aromatic rings. The van der Waals surface area contributed by atoms with Gasteiger partial charge >= 0.3 is 0 Å². The van der Waals surface area contributed by atoms with Crippen molar-refractivity contribution in [3.8, 4) is 0 Å². The zero-order chi connectivity index (χ0) is 9.99. The van der Waals surface area contributed by atoms with Crippen molar-refractivity contribution in [2.24, 2.45) is 0 Å². The van der Waals surface area contributed by atoms with Crippen LogP contribution in [0.25, 0.3) is 0 Å². The first-order chi connectivity index (χ1) is 5.17. The van der Waals surface area contributed by atoms with Crippen LogP contribution in [0.3, 0.4) is 0 Å². The summed E-state index contributed by atoms with van der Waals surface area (Å²) >= 11 is 0. The summed E-state index contributed by atoms with van der Waals surface area (Å²) in [5, 5.41) is -1.69. The lowest BCUT2D eigenvalue weighted by molar-refractivity contribution is 0.464. The molecule has 0 amide bonds. The van der Waals surface area contributed by atoms with Crippen molar-refractivity contribution >= 4 is 20.2 Å². The van der Waals surface area contributed by atoms with Crippen LogP contribution in [-0.4, -0.2) is 36.9 Å². The van der Waals surface area contributed by atoms with Crippen molar-refractivity contribution in [2.75, 3.05) is 5.75 Å². The van der Waals surface area contributed by atoms with Crippen LogP contribution in [-0.2, 0) is 20.2 Å². The second-order valence-electron chi connectivity index (χ2n) is 2.04. The van der Waals surface area contributed by atoms with Crippen molar-refractivity contribution in [3.05, 3.63) is 12.7 Å². The lowest BCUT2D eigenvalue weighted by atomic mass is 10.5. The van der Waals surface area contributed by atoms with Gasteiger partial charge in [-0.3, -0.25) is 9.11 Å². The van der Waals surface area contributed by atoms with Gasteiger partial charge in [0.2, 0.25) is 0 Å². The zero-order valence-electron chi connectivity index (χ0n) is 5.91. The molecule has 8 heteroatoms. The molecular formula is C4H8O6S2. The third-order valence-corrected chi connectivity index (χ3v) is 3.14. The molecule has 0 rings (SSSR count). The summed E-state index contributed by atoms with van der Waals surface area (Å²) in [6.07, 6.45) is 0.725. The minimum atomic E-state index is -4.51. The van der Waals surface area contributed by atoms with Crippen LogP contribution in [0.15, 0.2) is 12.7 Å². The normalized spacial score (nSPS) is 15.5.